The Morgan fingerprint density at radius 2 is 2.25 bits per heavy atom. The lowest BCUT2D eigenvalue weighted by Gasteiger charge is -2.29. The summed E-state index contributed by atoms with van der Waals surface area (Å²) in [6.07, 6.45) is 2.37. The maximum absolute atomic E-state index is 11.9. The van der Waals surface area contributed by atoms with Crippen LogP contribution in [0.4, 0.5) is 0 Å². The van der Waals surface area contributed by atoms with E-state index in [-0.39, 0.29) is 22.9 Å². The van der Waals surface area contributed by atoms with Crippen molar-refractivity contribution in [1.29, 1.82) is 0 Å². The van der Waals surface area contributed by atoms with Gasteiger partial charge in [0.1, 0.15) is 0 Å². The molecule has 0 saturated heterocycles. The molecule has 1 aromatic heterocycles. The minimum absolute atomic E-state index is 0.0243. The third-order valence-electron chi connectivity index (χ3n) is 3.65. The number of rotatable bonds is 8. The number of aliphatic hydroxyl groups is 1. The van der Waals surface area contributed by atoms with Crippen LogP contribution in [0.5, 0.6) is 0 Å². The highest BCUT2D eigenvalue weighted by atomic mass is 32.1. The fraction of sp³-hybridized carbons (Fsp3) is 0.714. The number of amides is 1. The number of thiazole rings is 1. The Bertz CT molecular complexity index is 495. The van der Waals surface area contributed by atoms with Crippen LogP contribution >= 0.6 is 11.3 Å². The van der Waals surface area contributed by atoms with Crippen LogP contribution in [-0.4, -0.2) is 27.7 Å². The van der Waals surface area contributed by atoms with Gasteiger partial charge in [-0.3, -0.25) is 9.59 Å². The van der Waals surface area contributed by atoms with E-state index in [9.17, 15) is 9.59 Å². The minimum atomic E-state index is -0.346. The first-order valence-corrected chi connectivity index (χ1v) is 7.86. The van der Waals surface area contributed by atoms with E-state index in [2.05, 4.69) is 5.32 Å². The molecule has 0 bridgehead atoms. The molecule has 6 heteroatoms. The van der Waals surface area contributed by atoms with Crippen LogP contribution in [0.3, 0.4) is 0 Å². The molecule has 1 atom stereocenters. The maximum Gasteiger partial charge on any atom is 0.307 e. The van der Waals surface area contributed by atoms with Crippen molar-refractivity contribution < 1.29 is 9.90 Å². The second-order valence-electron chi connectivity index (χ2n) is 5.33. The number of hydrogen-bond donors (Lipinski definition) is 2. The molecular formula is C14H24N2O3S. The van der Waals surface area contributed by atoms with Gasteiger partial charge in [0.05, 0.1) is 0 Å². The predicted octanol–water partition coefficient (Wildman–Crippen LogP) is 1.67. The second kappa shape index (κ2) is 7.59. The lowest BCUT2D eigenvalue weighted by Crippen LogP contribution is -2.46. The zero-order chi connectivity index (χ0) is 15.2. The van der Waals surface area contributed by atoms with Gasteiger partial charge in [0.2, 0.25) is 5.91 Å². The van der Waals surface area contributed by atoms with Gasteiger partial charge in [0.25, 0.3) is 0 Å². The van der Waals surface area contributed by atoms with Crippen LogP contribution in [0, 0.1) is 6.92 Å². The average Bonchev–Trinajstić information content (AvgIpc) is 2.70. The van der Waals surface area contributed by atoms with Gasteiger partial charge in [0, 0.05) is 36.2 Å². The fourth-order valence-corrected chi connectivity index (χ4v) is 2.81. The standard InChI is InChI=1S/C14H24N2O3S/c1-4-14(3,7-9-17)15-12(18)6-5-8-16-11(2)10-20-13(16)19/h10,17H,4-9H2,1-3H3,(H,15,18). The highest BCUT2D eigenvalue weighted by Crippen LogP contribution is 2.14. The van der Waals surface area contributed by atoms with E-state index in [1.807, 2.05) is 26.2 Å². The highest BCUT2D eigenvalue weighted by molar-refractivity contribution is 7.07. The first-order valence-electron chi connectivity index (χ1n) is 6.98. The molecule has 20 heavy (non-hydrogen) atoms. The third-order valence-corrected chi connectivity index (χ3v) is 4.53. The molecule has 1 rings (SSSR count). The fourth-order valence-electron chi connectivity index (χ4n) is 2.05. The summed E-state index contributed by atoms with van der Waals surface area (Å²) < 4.78 is 1.70. The van der Waals surface area contributed by atoms with E-state index in [0.29, 0.717) is 25.8 Å². The first-order chi connectivity index (χ1) is 9.41. The molecule has 1 amide bonds. The summed E-state index contributed by atoms with van der Waals surface area (Å²) in [4.78, 5) is 23.5. The minimum Gasteiger partial charge on any atom is -0.396 e. The van der Waals surface area contributed by atoms with E-state index >= 15 is 0 Å². The quantitative estimate of drug-likeness (QED) is 0.767. The number of carbonyl (C=O) groups is 1. The Labute approximate surface area is 123 Å². The van der Waals surface area contributed by atoms with Gasteiger partial charge < -0.3 is 15.0 Å². The van der Waals surface area contributed by atoms with Crippen molar-refractivity contribution >= 4 is 17.2 Å². The van der Waals surface area contributed by atoms with Crippen LogP contribution in [0.15, 0.2) is 10.2 Å². The number of nitrogens with zero attached hydrogens (tertiary/aromatic N) is 1. The largest absolute Gasteiger partial charge is 0.396 e. The molecule has 0 fully saturated rings. The van der Waals surface area contributed by atoms with Gasteiger partial charge in [-0.1, -0.05) is 18.3 Å². The Hall–Kier alpha value is -1.14. The number of hydrogen-bond acceptors (Lipinski definition) is 4. The molecule has 0 aromatic carbocycles. The first kappa shape index (κ1) is 16.9. The van der Waals surface area contributed by atoms with Crippen molar-refractivity contribution in [2.45, 2.75) is 58.5 Å². The number of aryl methyl sites for hydroxylation is 1. The summed E-state index contributed by atoms with van der Waals surface area (Å²) in [5, 5.41) is 13.8. The number of aromatic nitrogens is 1. The predicted molar refractivity (Wildman–Crippen MR) is 81.1 cm³/mol. The molecule has 1 unspecified atom stereocenters. The van der Waals surface area contributed by atoms with E-state index in [4.69, 9.17) is 5.11 Å². The molecule has 5 nitrogen and oxygen atoms in total. The van der Waals surface area contributed by atoms with Crippen molar-refractivity contribution in [2.75, 3.05) is 6.61 Å². The molecular weight excluding hydrogens is 276 g/mol. The van der Waals surface area contributed by atoms with Crippen LogP contribution < -0.4 is 10.2 Å². The van der Waals surface area contributed by atoms with Gasteiger partial charge in [-0.2, -0.15) is 0 Å². The molecule has 0 aliphatic carbocycles. The van der Waals surface area contributed by atoms with Gasteiger partial charge in [-0.05, 0) is 33.1 Å². The SMILES string of the molecule is CCC(C)(CCO)NC(=O)CCCn1c(C)csc1=O. The lowest BCUT2D eigenvalue weighted by molar-refractivity contribution is -0.123. The molecule has 1 heterocycles. The van der Waals surface area contributed by atoms with Crippen molar-refractivity contribution in [3.63, 3.8) is 0 Å². The van der Waals surface area contributed by atoms with Crippen molar-refractivity contribution in [3.8, 4) is 0 Å². The van der Waals surface area contributed by atoms with E-state index in [1.165, 1.54) is 11.3 Å². The smallest absolute Gasteiger partial charge is 0.307 e. The Morgan fingerprint density at radius 1 is 1.55 bits per heavy atom. The molecule has 2 N–H and O–H groups in total. The average molecular weight is 300 g/mol. The molecule has 0 aliphatic rings. The molecule has 0 aliphatic heterocycles. The maximum atomic E-state index is 11.9. The molecule has 0 radical (unpaired) electrons. The monoisotopic (exact) mass is 300 g/mol. The van der Waals surface area contributed by atoms with Gasteiger partial charge in [-0.15, -0.1) is 0 Å². The zero-order valence-electron chi connectivity index (χ0n) is 12.4. The summed E-state index contributed by atoms with van der Waals surface area (Å²) in [6, 6.07) is 0. The van der Waals surface area contributed by atoms with Crippen LogP contribution in [-0.2, 0) is 11.3 Å². The Kier molecular flexibility index (Phi) is 6.42. The number of nitrogens with one attached hydrogen (secondary N) is 1. The second-order valence-corrected chi connectivity index (χ2v) is 6.15. The van der Waals surface area contributed by atoms with Crippen LogP contribution in [0.2, 0.25) is 0 Å². The van der Waals surface area contributed by atoms with Crippen LogP contribution in [0.1, 0.15) is 45.2 Å². The highest BCUT2D eigenvalue weighted by Gasteiger charge is 2.23. The zero-order valence-corrected chi connectivity index (χ0v) is 13.3. The van der Waals surface area contributed by atoms with Crippen molar-refractivity contribution in [2.24, 2.45) is 0 Å². The van der Waals surface area contributed by atoms with E-state index < -0.39 is 0 Å². The Morgan fingerprint density at radius 3 is 2.75 bits per heavy atom. The lowest BCUT2D eigenvalue weighted by atomic mass is 9.94. The molecule has 1 aromatic rings. The summed E-state index contributed by atoms with van der Waals surface area (Å²) in [5.41, 5.74) is 0.597. The number of aliphatic hydroxyl groups excluding tert-OH is 1. The summed E-state index contributed by atoms with van der Waals surface area (Å²) in [7, 11) is 0. The van der Waals surface area contributed by atoms with E-state index in [1.54, 1.807) is 4.57 Å². The normalized spacial score (nSPS) is 14.0. The molecule has 0 spiro atoms. The topological polar surface area (TPSA) is 71.3 Å². The Balaban J connectivity index is 2.42. The summed E-state index contributed by atoms with van der Waals surface area (Å²) >= 11 is 1.19. The van der Waals surface area contributed by atoms with Crippen LogP contribution in [0.25, 0.3) is 0 Å². The summed E-state index contributed by atoms with van der Waals surface area (Å²) in [6.45, 7) is 6.46. The summed E-state index contributed by atoms with van der Waals surface area (Å²) in [5.74, 6) is -0.0243. The third kappa shape index (κ3) is 4.76. The van der Waals surface area contributed by atoms with Gasteiger partial charge >= 0.3 is 4.87 Å². The van der Waals surface area contributed by atoms with Gasteiger partial charge in [-0.25, -0.2) is 0 Å². The van der Waals surface area contributed by atoms with Crippen molar-refractivity contribution in [3.05, 3.63) is 20.7 Å². The van der Waals surface area contributed by atoms with E-state index in [0.717, 1.165) is 12.1 Å². The number of carbonyl (C=O) groups excluding carboxylic acids is 1. The molecule has 114 valence electrons. The van der Waals surface area contributed by atoms with Crippen molar-refractivity contribution in [1.82, 2.24) is 9.88 Å². The van der Waals surface area contributed by atoms with Gasteiger partial charge in [0.15, 0.2) is 0 Å². The molecule has 0 saturated carbocycles.